The Bertz CT molecular complexity index is 587. The zero-order valence-corrected chi connectivity index (χ0v) is 22.5. The Morgan fingerprint density at radius 1 is 0.676 bits per heavy atom. The summed E-state index contributed by atoms with van der Waals surface area (Å²) >= 11 is 0. The van der Waals surface area contributed by atoms with Gasteiger partial charge in [0.05, 0.1) is 0 Å². The van der Waals surface area contributed by atoms with E-state index in [1.54, 1.807) is 13.8 Å². The van der Waals surface area contributed by atoms with Gasteiger partial charge in [0.2, 0.25) is 11.8 Å². The Morgan fingerprint density at radius 3 is 1.62 bits per heavy atom. The second-order valence-corrected chi connectivity index (χ2v) is 10.2. The maximum absolute atomic E-state index is 12.6. The zero-order valence-electron chi connectivity index (χ0n) is 22.5. The Labute approximate surface area is 208 Å². The molecule has 3 N–H and O–H groups in total. The van der Waals surface area contributed by atoms with Crippen LogP contribution in [0.2, 0.25) is 0 Å². The summed E-state index contributed by atoms with van der Waals surface area (Å²) in [5.74, 6) is -2.01. The van der Waals surface area contributed by atoms with Gasteiger partial charge in [-0.25, -0.2) is 4.79 Å². The first-order valence-corrected chi connectivity index (χ1v) is 13.7. The van der Waals surface area contributed by atoms with E-state index in [9.17, 15) is 19.5 Å². The Morgan fingerprint density at radius 2 is 1.15 bits per heavy atom. The van der Waals surface area contributed by atoms with Gasteiger partial charge in [-0.1, -0.05) is 98.1 Å². The van der Waals surface area contributed by atoms with Gasteiger partial charge in [-0.05, 0) is 43.9 Å². The number of allylic oxidation sites excluding steroid dienone is 2. The van der Waals surface area contributed by atoms with Gasteiger partial charge in [0.25, 0.3) is 0 Å². The van der Waals surface area contributed by atoms with Crippen molar-refractivity contribution >= 4 is 17.8 Å². The first kappa shape index (κ1) is 32.1. The average molecular weight is 481 g/mol. The third-order valence-electron chi connectivity index (χ3n) is 6.16. The van der Waals surface area contributed by atoms with Crippen LogP contribution in [0, 0.1) is 11.8 Å². The Hall–Kier alpha value is -1.85. The second kappa shape index (κ2) is 20.5. The quantitative estimate of drug-likeness (QED) is 0.131. The van der Waals surface area contributed by atoms with Gasteiger partial charge < -0.3 is 15.7 Å². The number of aliphatic carboxylic acids is 1. The van der Waals surface area contributed by atoms with Crippen molar-refractivity contribution in [3.05, 3.63) is 12.2 Å². The summed E-state index contributed by atoms with van der Waals surface area (Å²) in [4.78, 5) is 36.2. The van der Waals surface area contributed by atoms with Crippen LogP contribution in [0.1, 0.15) is 125 Å². The monoisotopic (exact) mass is 480 g/mol. The van der Waals surface area contributed by atoms with E-state index < -0.39 is 24.0 Å². The van der Waals surface area contributed by atoms with Crippen molar-refractivity contribution in [3.63, 3.8) is 0 Å². The number of hydrogen-bond acceptors (Lipinski definition) is 3. The van der Waals surface area contributed by atoms with E-state index in [1.807, 2.05) is 13.8 Å². The average Bonchev–Trinajstić information content (AvgIpc) is 2.77. The van der Waals surface area contributed by atoms with Crippen LogP contribution in [-0.2, 0) is 14.4 Å². The second-order valence-electron chi connectivity index (χ2n) is 10.2. The molecule has 198 valence electrons. The van der Waals surface area contributed by atoms with Crippen molar-refractivity contribution in [2.24, 2.45) is 11.8 Å². The van der Waals surface area contributed by atoms with Crippen LogP contribution in [0.15, 0.2) is 12.2 Å². The van der Waals surface area contributed by atoms with Crippen molar-refractivity contribution in [1.82, 2.24) is 10.6 Å². The van der Waals surface area contributed by atoms with Gasteiger partial charge in [-0.15, -0.1) is 0 Å². The minimum absolute atomic E-state index is 0.125. The number of carbonyl (C=O) groups excluding carboxylic acids is 2. The molecule has 6 nitrogen and oxygen atoms in total. The van der Waals surface area contributed by atoms with E-state index >= 15 is 0 Å². The third-order valence-corrected chi connectivity index (χ3v) is 6.16. The molecule has 0 aromatic carbocycles. The summed E-state index contributed by atoms with van der Waals surface area (Å²) in [6, 6.07) is -1.69. The van der Waals surface area contributed by atoms with E-state index in [-0.39, 0.29) is 17.7 Å². The molecule has 0 heterocycles. The first-order valence-electron chi connectivity index (χ1n) is 13.7. The lowest BCUT2D eigenvalue weighted by Gasteiger charge is -2.25. The predicted octanol–water partition coefficient (Wildman–Crippen LogP) is 6.39. The number of rotatable bonds is 21. The fraction of sp³-hybridized carbons (Fsp3) is 0.821. The predicted molar refractivity (Wildman–Crippen MR) is 141 cm³/mol. The molecule has 0 saturated carbocycles. The van der Waals surface area contributed by atoms with Crippen LogP contribution < -0.4 is 10.6 Å². The number of hydrogen-bond donors (Lipinski definition) is 3. The number of carboxylic acids is 1. The summed E-state index contributed by atoms with van der Waals surface area (Å²) in [5.41, 5.74) is 0. The molecule has 0 unspecified atom stereocenters. The van der Waals surface area contributed by atoms with Gasteiger partial charge in [0.1, 0.15) is 12.1 Å². The highest BCUT2D eigenvalue weighted by atomic mass is 16.4. The lowest BCUT2D eigenvalue weighted by molar-refractivity contribution is -0.143. The summed E-state index contributed by atoms with van der Waals surface area (Å²) in [7, 11) is 0. The fourth-order valence-electron chi connectivity index (χ4n) is 3.89. The topological polar surface area (TPSA) is 95.5 Å². The van der Waals surface area contributed by atoms with Crippen LogP contribution in [0.3, 0.4) is 0 Å². The number of nitrogens with one attached hydrogen (secondary N) is 2. The maximum Gasteiger partial charge on any atom is 0.326 e. The van der Waals surface area contributed by atoms with Crippen molar-refractivity contribution < 1.29 is 19.5 Å². The third kappa shape index (κ3) is 16.7. The summed E-state index contributed by atoms with van der Waals surface area (Å²) in [5, 5.41) is 14.7. The molecule has 2 amide bonds. The standard InChI is InChI=1S/C28H52N2O4/c1-6-7-8-9-10-11-12-13-14-15-16-17-18-19-20-21-24(31)29-25(22(2)3)27(32)30-26(23(4)5)28(33)34/h13-14,22-23,25-26H,6-12,15-21H2,1-5H3,(H,29,31)(H,30,32)(H,33,34)/b14-13-/t25-,26-/m0/s1. The van der Waals surface area contributed by atoms with Crippen LogP contribution in [0.4, 0.5) is 0 Å². The normalized spacial score (nSPS) is 13.4. The number of carboxylic acid groups (broad SMARTS) is 1. The molecule has 0 aliphatic carbocycles. The fourth-order valence-corrected chi connectivity index (χ4v) is 3.89. The maximum atomic E-state index is 12.6. The molecule has 0 aliphatic heterocycles. The minimum atomic E-state index is -1.06. The largest absolute Gasteiger partial charge is 0.480 e. The van der Waals surface area contributed by atoms with E-state index in [1.165, 1.54) is 57.8 Å². The summed E-state index contributed by atoms with van der Waals surface area (Å²) < 4.78 is 0. The highest BCUT2D eigenvalue weighted by molar-refractivity contribution is 5.90. The van der Waals surface area contributed by atoms with Crippen LogP contribution >= 0.6 is 0 Å². The smallest absolute Gasteiger partial charge is 0.326 e. The van der Waals surface area contributed by atoms with Gasteiger partial charge in [0, 0.05) is 6.42 Å². The molecular weight excluding hydrogens is 428 g/mol. The van der Waals surface area contributed by atoms with Gasteiger partial charge in [-0.2, -0.15) is 0 Å². The first-order chi connectivity index (χ1) is 16.2. The van der Waals surface area contributed by atoms with Crippen molar-refractivity contribution in [2.75, 3.05) is 0 Å². The molecule has 0 aromatic heterocycles. The lowest BCUT2D eigenvalue weighted by atomic mass is 10.00. The lowest BCUT2D eigenvalue weighted by Crippen LogP contribution is -2.54. The molecule has 2 atom stereocenters. The molecule has 0 rings (SSSR count). The Balaban J connectivity index is 3.96. The van der Waals surface area contributed by atoms with Gasteiger partial charge >= 0.3 is 5.97 Å². The van der Waals surface area contributed by atoms with E-state index in [2.05, 4.69) is 29.7 Å². The molecular formula is C28H52N2O4. The highest BCUT2D eigenvalue weighted by Crippen LogP contribution is 2.11. The van der Waals surface area contributed by atoms with E-state index in [0.29, 0.717) is 6.42 Å². The number of amides is 2. The zero-order chi connectivity index (χ0) is 25.8. The van der Waals surface area contributed by atoms with Crippen molar-refractivity contribution in [2.45, 2.75) is 137 Å². The molecule has 6 heteroatoms. The Kier molecular flexibility index (Phi) is 19.4. The number of unbranched alkanes of at least 4 members (excludes halogenated alkanes) is 11. The van der Waals surface area contributed by atoms with E-state index in [4.69, 9.17) is 0 Å². The van der Waals surface area contributed by atoms with Gasteiger partial charge in [-0.3, -0.25) is 9.59 Å². The van der Waals surface area contributed by atoms with Crippen LogP contribution in [-0.4, -0.2) is 35.0 Å². The molecule has 0 spiro atoms. The van der Waals surface area contributed by atoms with Crippen molar-refractivity contribution in [3.8, 4) is 0 Å². The van der Waals surface area contributed by atoms with Gasteiger partial charge in [0.15, 0.2) is 0 Å². The summed E-state index contributed by atoms with van der Waals surface area (Å²) in [6.07, 6.45) is 20.7. The molecule has 0 radical (unpaired) electrons. The molecule has 0 aliphatic rings. The minimum Gasteiger partial charge on any atom is -0.480 e. The molecule has 34 heavy (non-hydrogen) atoms. The summed E-state index contributed by atoms with van der Waals surface area (Å²) in [6.45, 7) is 9.43. The number of carbonyl (C=O) groups is 3. The molecule has 0 aromatic rings. The van der Waals surface area contributed by atoms with Crippen molar-refractivity contribution in [1.29, 1.82) is 0 Å². The molecule has 0 saturated heterocycles. The van der Waals surface area contributed by atoms with Crippen LogP contribution in [0.25, 0.3) is 0 Å². The van der Waals surface area contributed by atoms with E-state index in [0.717, 1.165) is 25.7 Å². The SMILES string of the molecule is CCCCCCCC/C=C\CCCCCCCC(=O)N[C@H](C(=O)N[C@H](C(=O)O)C(C)C)C(C)C. The highest BCUT2D eigenvalue weighted by Gasteiger charge is 2.29. The van der Waals surface area contributed by atoms with Crippen LogP contribution in [0.5, 0.6) is 0 Å². The molecule has 0 fully saturated rings. The molecule has 0 bridgehead atoms.